The first-order valence-corrected chi connectivity index (χ1v) is 5.26. The van der Waals surface area contributed by atoms with Gasteiger partial charge in [-0.2, -0.15) is 5.10 Å². The van der Waals surface area contributed by atoms with E-state index in [-0.39, 0.29) is 0 Å². The van der Waals surface area contributed by atoms with Gasteiger partial charge in [-0.1, -0.05) is 12.1 Å². The minimum Gasteiger partial charge on any atom is -0.493 e. The molecule has 2 aromatic rings. The molecule has 2 N–H and O–H groups in total. The van der Waals surface area contributed by atoms with E-state index in [4.69, 9.17) is 15.2 Å². The molecule has 5 heteroatoms. The number of nitrogens with zero attached hydrogens (tertiary/aromatic N) is 2. The zero-order valence-electron chi connectivity index (χ0n) is 9.88. The SMILES string of the molecule is COc1ccccc1OCn1nc(N)cc1C. The molecule has 1 aromatic carbocycles. The summed E-state index contributed by atoms with van der Waals surface area (Å²) in [5, 5.41) is 4.11. The number of aryl methyl sites for hydroxylation is 1. The summed E-state index contributed by atoms with van der Waals surface area (Å²) in [6.07, 6.45) is 0. The van der Waals surface area contributed by atoms with Gasteiger partial charge in [0, 0.05) is 11.8 Å². The van der Waals surface area contributed by atoms with Gasteiger partial charge in [0.2, 0.25) is 0 Å². The summed E-state index contributed by atoms with van der Waals surface area (Å²) < 4.78 is 12.5. The number of hydrogen-bond acceptors (Lipinski definition) is 4. The number of rotatable bonds is 4. The fraction of sp³-hybridized carbons (Fsp3) is 0.250. The number of para-hydroxylation sites is 2. The van der Waals surface area contributed by atoms with Crippen molar-refractivity contribution in [3.63, 3.8) is 0 Å². The fourth-order valence-corrected chi connectivity index (χ4v) is 1.54. The van der Waals surface area contributed by atoms with Crippen LogP contribution in [0.1, 0.15) is 5.69 Å². The van der Waals surface area contributed by atoms with E-state index in [2.05, 4.69) is 5.10 Å². The van der Waals surface area contributed by atoms with Crippen LogP contribution in [0.3, 0.4) is 0 Å². The van der Waals surface area contributed by atoms with Crippen molar-refractivity contribution < 1.29 is 9.47 Å². The van der Waals surface area contributed by atoms with Crippen LogP contribution < -0.4 is 15.2 Å². The van der Waals surface area contributed by atoms with Crippen LogP contribution in [0.2, 0.25) is 0 Å². The Kier molecular flexibility index (Phi) is 3.18. The predicted molar refractivity (Wildman–Crippen MR) is 65.0 cm³/mol. The Bertz CT molecular complexity index is 508. The number of nitrogen functional groups attached to an aromatic ring is 1. The smallest absolute Gasteiger partial charge is 0.181 e. The molecule has 0 amide bonds. The lowest BCUT2D eigenvalue weighted by molar-refractivity contribution is 0.209. The van der Waals surface area contributed by atoms with Gasteiger partial charge in [0.15, 0.2) is 18.2 Å². The third-order valence-corrected chi connectivity index (χ3v) is 2.41. The zero-order valence-corrected chi connectivity index (χ0v) is 9.88. The van der Waals surface area contributed by atoms with E-state index >= 15 is 0 Å². The average molecular weight is 233 g/mol. The van der Waals surface area contributed by atoms with Crippen LogP contribution in [-0.2, 0) is 6.73 Å². The van der Waals surface area contributed by atoms with Crippen molar-refractivity contribution in [2.75, 3.05) is 12.8 Å². The van der Waals surface area contributed by atoms with Crippen molar-refractivity contribution in [2.24, 2.45) is 0 Å². The first-order chi connectivity index (χ1) is 8.20. The summed E-state index contributed by atoms with van der Waals surface area (Å²) in [6, 6.07) is 9.28. The molecule has 0 aliphatic rings. The van der Waals surface area contributed by atoms with E-state index in [0.717, 1.165) is 5.69 Å². The Labute approximate surface area is 99.8 Å². The van der Waals surface area contributed by atoms with Crippen LogP contribution >= 0.6 is 0 Å². The van der Waals surface area contributed by atoms with Crippen LogP contribution in [0.4, 0.5) is 5.82 Å². The lowest BCUT2D eigenvalue weighted by Crippen LogP contribution is -2.09. The van der Waals surface area contributed by atoms with Crippen LogP contribution in [0.25, 0.3) is 0 Å². The number of hydrogen-bond donors (Lipinski definition) is 1. The molecule has 0 radical (unpaired) electrons. The van der Waals surface area contributed by atoms with Crippen molar-refractivity contribution >= 4 is 5.82 Å². The first kappa shape index (κ1) is 11.3. The second kappa shape index (κ2) is 4.78. The molecule has 0 spiro atoms. The molecule has 0 aliphatic carbocycles. The highest BCUT2D eigenvalue weighted by Crippen LogP contribution is 2.26. The van der Waals surface area contributed by atoms with Gasteiger partial charge in [0.05, 0.1) is 7.11 Å². The standard InChI is InChI=1S/C12H15N3O2/c1-9-7-12(13)14-15(9)8-17-11-6-4-3-5-10(11)16-2/h3-7H,8H2,1-2H3,(H2,13,14). The van der Waals surface area contributed by atoms with Gasteiger partial charge >= 0.3 is 0 Å². The summed E-state index contributed by atoms with van der Waals surface area (Å²) in [5.41, 5.74) is 6.55. The summed E-state index contributed by atoms with van der Waals surface area (Å²) >= 11 is 0. The van der Waals surface area contributed by atoms with Crippen LogP contribution in [-0.4, -0.2) is 16.9 Å². The van der Waals surface area contributed by atoms with Crippen LogP contribution in [0.15, 0.2) is 30.3 Å². The molecule has 1 heterocycles. The minimum atomic E-state index is 0.309. The van der Waals surface area contributed by atoms with Crippen LogP contribution in [0, 0.1) is 6.92 Å². The Hall–Kier alpha value is -2.17. The van der Waals surface area contributed by atoms with Gasteiger partial charge in [0.25, 0.3) is 0 Å². The largest absolute Gasteiger partial charge is 0.493 e. The lowest BCUT2D eigenvalue weighted by atomic mass is 10.3. The second-order valence-electron chi connectivity index (χ2n) is 3.63. The summed E-state index contributed by atoms with van der Waals surface area (Å²) in [6.45, 7) is 2.23. The maximum Gasteiger partial charge on any atom is 0.181 e. The maximum atomic E-state index is 5.63. The highest BCUT2D eigenvalue weighted by Gasteiger charge is 2.05. The number of benzene rings is 1. The molecule has 0 atom stereocenters. The topological polar surface area (TPSA) is 62.3 Å². The maximum absolute atomic E-state index is 5.63. The van der Waals surface area contributed by atoms with Crippen molar-refractivity contribution in [1.82, 2.24) is 9.78 Å². The number of ether oxygens (including phenoxy) is 2. The van der Waals surface area contributed by atoms with E-state index in [1.54, 1.807) is 17.9 Å². The molecule has 0 aliphatic heterocycles. The Morgan fingerprint density at radius 1 is 1.29 bits per heavy atom. The van der Waals surface area contributed by atoms with E-state index in [1.165, 1.54) is 0 Å². The Morgan fingerprint density at radius 3 is 2.59 bits per heavy atom. The molecule has 0 fully saturated rings. The van der Waals surface area contributed by atoms with Gasteiger partial charge in [-0.3, -0.25) is 0 Å². The lowest BCUT2D eigenvalue weighted by Gasteiger charge is -2.10. The second-order valence-corrected chi connectivity index (χ2v) is 3.63. The molecular weight excluding hydrogens is 218 g/mol. The van der Waals surface area contributed by atoms with Gasteiger partial charge in [0.1, 0.15) is 5.82 Å². The third kappa shape index (κ3) is 2.50. The van der Waals surface area contributed by atoms with E-state index in [1.807, 2.05) is 31.2 Å². The average Bonchev–Trinajstić information content (AvgIpc) is 2.65. The molecule has 0 unspecified atom stereocenters. The molecule has 17 heavy (non-hydrogen) atoms. The van der Waals surface area contributed by atoms with E-state index in [9.17, 15) is 0 Å². The molecule has 0 saturated carbocycles. The van der Waals surface area contributed by atoms with Crippen molar-refractivity contribution in [1.29, 1.82) is 0 Å². The minimum absolute atomic E-state index is 0.309. The van der Waals surface area contributed by atoms with Crippen molar-refractivity contribution in [3.8, 4) is 11.5 Å². The number of aromatic nitrogens is 2. The number of anilines is 1. The van der Waals surface area contributed by atoms with Gasteiger partial charge < -0.3 is 15.2 Å². The highest BCUT2D eigenvalue weighted by atomic mass is 16.5. The normalized spacial score (nSPS) is 10.2. The summed E-state index contributed by atoms with van der Waals surface area (Å²) in [5.74, 6) is 1.87. The zero-order chi connectivity index (χ0) is 12.3. The Morgan fingerprint density at radius 2 is 2.00 bits per heavy atom. The molecular formula is C12H15N3O2. The summed E-state index contributed by atoms with van der Waals surface area (Å²) in [7, 11) is 1.61. The van der Waals surface area contributed by atoms with E-state index in [0.29, 0.717) is 24.0 Å². The molecule has 2 rings (SSSR count). The third-order valence-electron chi connectivity index (χ3n) is 2.41. The molecule has 1 aromatic heterocycles. The Balaban J connectivity index is 2.09. The van der Waals surface area contributed by atoms with Gasteiger partial charge in [-0.25, -0.2) is 4.68 Å². The first-order valence-electron chi connectivity index (χ1n) is 5.26. The predicted octanol–water partition coefficient (Wildman–Crippen LogP) is 1.82. The molecule has 0 bridgehead atoms. The van der Waals surface area contributed by atoms with Crippen LogP contribution in [0.5, 0.6) is 11.5 Å². The van der Waals surface area contributed by atoms with Gasteiger partial charge in [-0.15, -0.1) is 0 Å². The quantitative estimate of drug-likeness (QED) is 0.875. The molecule has 0 saturated heterocycles. The van der Waals surface area contributed by atoms with Gasteiger partial charge in [-0.05, 0) is 19.1 Å². The van der Waals surface area contributed by atoms with Crippen molar-refractivity contribution in [2.45, 2.75) is 13.7 Å². The number of methoxy groups -OCH3 is 1. The molecule has 90 valence electrons. The monoisotopic (exact) mass is 233 g/mol. The van der Waals surface area contributed by atoms with Crippen molar-refractivity contribution in [3.05, 3.63) is 36.0 Å². The molecule has 5 nitrogen and oxygen atoms in total. The fourth-order valence-electron chi connectivity index (χ4n) is 1.54. The highest BCUT2D eigenvalue weighted by molar-refractivity contribution is 5.39. The van der Waals surface area contributed by atoms with E-state index < -0.39 is 0 Å². The number of nitrogens with two attached hydrogens (primary N) is 1. The summed E-state index contributed by atoms with van der Waals surface area (Å²) in [4.78, 5) is 0.